The Morgan fingerprint density at radius 3 is 2.28 bits per heavy atom. The van der Waals surface area contributed by atoms with Gasteiger partial charge in [-0.05, 0) is 106 Å². The Morgan fingerprint density at radius 2 is 1.59 bits per heavy atom. The van der Waals surface area contributed by atoms with Crippen LogP contribution in [0.3, 0.4) is 0 Å². The lowest BCUT2D eigenvalue weighted by molar-refractivity contribution is -0.137. The van der Waals surface area contributed by atoms with Crippen molar-refractivity contribution in [2.45, 2.75) is 69.8 Å². The average Bonchev–Trinajstić information content (AvgIpc) is 3.58. The number of fused-ring (bicyclic) bond motifs is 1. The number of piperidine rings is 1. The van der Waals surface area contributed by atoms with Crippen LogP contribution in [0.5, 0.6) is 0 Å². The van der Waals surface area contributed by atoms with Crippen LogP contribution in [0.2, 0.25) is 0 Å². The maximum absolute atomic E-state index is 15.2. The third-order valence-corrected chi connectivity index (χ3v) is 12.3. The van der Waals surface area contributed by atoms with Crippen LogP contribution in [0.25, 0.3) is 11.0 Å². The SMILES string of the molecule is O=C1CCN(c2ccc(CN3CCC(N4CCN(c5ccc6c(c5)nc(NC(=O)c5cccc(C(F)(F)F)c5)n6C5CCC(CO)CC5)CC4)CC3)c(F)c2)C(=O)N1. The molecular weight excluding hydrogens is 757 g/mol. The summed E-state index contributed by atoms with van der Waals surface area (Å²) in [6.45, 7) is 5.92. The highest BCUT2D eigenvalue weighted by Crippen LogP contribution is 2.38. The minimum Gasteiger partial charge on any atom is -0.396 e. The van der Waals surface area contributed by atoms with Gasteiger partial charge < -0.3 is 14.6 Å². The smallest absolute Gasteiger partial charge is 0.396 e. The number of likely N-dealkylation sites (tertiary alicyclic amines) is 1. The third-order valence-electron chi connectivity index (χ3n) is 12.3. The van der Waals surface area contributed by atoms with Gasteiger partial charge in [-0.15, -0.1) is 0 Å². The Balaban J connectivity index is 0.893. The normalized spacial score (nSPS) is 21.7. The Labute approximate surface area is 333 Å². The summed E-state index contributed by atoms with van der Waals surface area (Å²) < 4.78 is 57.5. The van der Waals surface area contributed by atoms with Crippen molar-refractivity contribution in [1.82, 2.24) is 24.7 Å². The molecule has 3 saturated heterocycles. The number of carbonyl (C=O) groups is 3. The first-order chi connectivity index (χ1) is 27.9. The first-order valence-electron chi connectivity index (χ1n) is 20.2. The number of aliphatic hydroxyl groups excluding tert-OH is 1. The number of anilines is 3. The van der Waals surface area contributed by atoms with Crippen LogP contribution in [0.15, 0.2) is 60.7 Å². The van der Waals surface area contributed by atoms with E-state index < -0.39 is 23.7 Å². The van der Waals surface area contributed by atoms with Crippen molar-refractivity contribution in [2.24, 2.45) is 5.92 Å². The van der Waals surface area contributed by atoms with Gasteiger partial charge in [0.05, 0.1) is 16.6 Å². The fraction of sp³-hybridized carbons (Fsp3) is 0.476. The number of carbonyl (C=O) groups excluding carboxylic acids is 3. The van der Waals surface area contributed by atoms with E-state index in [0.29, 0.717) is 35.3 Å². The molecule has 4 amide bonds. The van der Waals surface area contributed by atoms with E-state index in [-0.39, 0.29) is 48.8 Å². The number of imide groups is 1. The zero-order chi connectivity index (χ0) is 40.6. The van der Waals surface area contributed by atoms with Gasteiger partial charge in [0.1, 0.15) is 5.82 Å². The second-order valence-electron chi connectivity index (χ2n) is 15.9. The standard InChI is InChI=1S/C42H48F4N8O4/c43-35-23-34(53-17-14-38(56)48-41(53)58)9-6-29(35)25-50-15-12-31(13-16-50)51-18-20-52(21-19-51)33-10-11-37-36(24-33)47-40(54(37)32-7-4-27(26-55)5-8-32)49-39(57)28-2-1-3-30(22-28)42(44,45)46/h1-3,6,9-11,22-24,27,31-32,55H,4-5,7-8,12-21,25-26H2,(H,47,49,57)(H,48,56,58). The van der Waals surface area contributed by atoms with Gasteiger partial charge in [-0.2, -0.15) is 13.2 Å². The van der Waals surface area contributed by atoms with E-state index in [4.69, 9.17) is 4.98 Å². The van der Waals surface area contributed by atoms with E-state index in [1.165, 1.54) is 23.1 Å². The molecule has 0 unspecified atom stereocenters. The van der Waals surface area contributed by atoms with Crippen molar-refractivity contribution in [3.05, 3.63) is 83.2 Å². The number of alkyl halides is 3. The second kappa shape index (κ2) is 16.7. The number of aliphatic hydroxyl groups is 1. The molecule has 1 saturated carbocycles. The highest BCUT2D eigenvalue weighted by Gasteiger charge is 2.33. The number of amides is 4. The zero-order valence-electron chi connectivity index (χ0n) is 32.2. The van der Waals surface area contributed by atoms with Crippen molar-refractivity contribution < 1.29 is 37.1 Å². The molecular formula is C42H48F4N8O4. The molecule has 0 radical (unpaired) electrons. The summed E-state index contributed by atoms with van der Waals surface area (Å²) >= 11 is 0. The van der Waals surface area contributed by atoms with Gasteiger partial charge in [-0.1, -0.05) is 12.1 Å². The van der Waals surface area contributed by atoms with Crippen LogP contribution < -0.4 is 20.4 Å². The quantitative estimate of drug-likeness (QED) is 0.166. The molecule has 3 N–H and O–H groups in total. The minimum absolute atomic E-state index is 0.00758. The minimum atomic E-state index is -4.58. The van der Waals surface area contributed by atoms with Crippen molar-refractivity contribution in [3.8, 4) is 0 Å². The molecule has 1 aromatic heterocycles. The molecule has 3 aromatic carbocycles. The predicted molar refractivity (Wildman–Crippen MR) is 211 cm³/mol. The van der Waals surface area contributed by atoms with Gasteiger partial charge >= 0.3 is 12.2 Å². The molecule has 0 spiro atoms. The average molecular weight is 805 g/mol. The largest absolute Gasteiger partial charge is 0.416 e. The van der Waals surface area contributed by atoms with Crippen LogP contribution >= 0.6 is 0 Å². The molecule has 1 aliphatic carbocycles. The van der Waals surface area contributed by atoms with E-state index in [2.05, 4.69) is 31.4 Å². The fourth-order valence-electron chi connectivity index (χ4n) is 9.01. The number of nitrogens with one attached hydrogen (secondary N) is 2. The van der Waals surface area contributed by atoms with Crippen molar-refractivity contribution in [3.63, 3.8) is 0 Å². The Morgan fingerprint density at radius 1 is 0.845 bits per heavy atom. The zero-order valence-corrected chi connectivity index (χ0v) is 32.2. The number of hydrogen-bond acceptors (Lipinski definition) is 8. The molecule has 4 fully saturated rings. The van der Waals surface area contributed by atoms with Crippen molar-refractivity contribution >= 4 is 46.2 Å². The summed E-state index contributed by atoms with van der Waals surface area (Å²) in [4.78, 5) is 50.4. The molecule has 16 heteroatoms. The van der Waals surface area contributed by atoms with Crippen LogP contribution in [0, 0.1) is 11.7 Å². The number of halogens is 4. The predicted octanol–water partition coefficient (Wildman–Crippen LogP) is 6.40. The van der Waals surface area contributed by atoms with Crippen molar-refractivity contribution in [2.75, 3.05) is 67.5 Å². The number of imidazole rings is 1. The third kappa shape index (κ3) is 8.54. The molecule has 0 atom stereocenters. The summed E-state index contributed by atoms with van der Waals surface area (Å²) in [7, 11) is 0. The van der Waals surface area contributed by atoms with Crippen LogP contribution in [0.1, 0.15) is 72.5 Å². The van der Waals surface area contributed by atoms with Gasteiger partial charge in [0, 0.05) is 86.9 Å². The maximum atomic E-state index is 15.2. The fourth-order valence-corrected chi connectivity index (χ4v) is 9.01. The molecule has 4 aromatic rings. The monoisotopic (exact) mass is 804 g/mol. The molecule has 58 heavy (non-hydrogen) atoms. The van der Waals surface area contributed by atoms with Crippen LogP contribution in [-0.4, -0.2) is 101 Å². The van der Waals surface area contributed by atoms with Crippen LogP contribution in [-0.2, 0) is 17.5 Å². The second-order valence-corrected chi connectivity index (χ2v) is 15.9. The molecule has 4 heterocycles. The highest BCUT2D eigenvalue weighted by atomic mass is 19.4. The Hall–Kier alpha value is -5.06. The number of rotatable bonds is 9. The van der Waals surface area contributed by atoms with E-state index in [9.17, 15) is 32.7 Å². The molecule has 12 nitrogen and oxygen atoms in total. The number of piperazine rings is 1. The summed E-state index contributed by atoms with van der Waals surface area (Å²) in [6.07, 6.45) is 0.748. The van der Waals surface area contributed by atoms with Gasteiger partial charge in [0.15, 0.2) is 0 Å². The number of aromatic nitrogens is 2. The van der Waals surface area contributed by atoms with Gasteiger partial charge in [0.25, 0.3) is 5.91 Å². The topological polar surface area (TPSA) is 126 Å². The van der Waals surface area contributed by atoms with E-state index >= 15 is 4.39 Å². The van der Waals surface area contributed by atoms with Gasteiger partial charge in [-0.25, -0.2) is 14.2 Å². The number of nitrogens with zero attached hydrogens (tertiary/aromatic N) is 6. The number of benzene rings is 3. The molecule has 308 valence electrons. The number of urea groups is 1. The summed E-state index contributed by atoms with van der Waals surface area (Å²) in [5, 5.41) is 14.8. The first-order valence-corrected chi connectivity index (χ1v) is 20.2. The lowest BCUT2D eigenvalue weighted by Gasteiger charge is -2.43. The molecule has 8 rings (SSSR count). The van der Waals surface area contributed by atoms with Crippen LogP contribution in [0.4, 0.5) is 39.7 Å². The van der Waals surface area contributed by atoms with Gasteiger partial charge in [0.2, 0.25) is 11.9 Å². The first kappa shape index (κ1) is 39.8. The van der Waals surface area contributed by atoms with E-state index in [1.807, 2.05) is 16.7 Å². The van der Waals surface area contributed by atoms with Crippen molar-refractivity contribution in [1.29, 1.82) is 0 Å². The van der Waals surface area contributed by atoms with E-state index in [0.717, 1.165) is 101 Å². The summed E-state index contributed by atoms with van der Waals surface area (Å²) in [6, 6.07) is 15.2. The summed E-state index contributed by atoms with van der Waals surface area (Å²) in [5.41, 5.74) is 2.54. The number of hydrogen-bond donors (Lipinski definition) is 3. The molecule has 0 bridgehead atoms. The summed E-state index contributed by atoms with van der Waals surface area (Å²) in [5.74, 6) is -0.856. The highest BCUT2D eigenvalue weighted by molar-refractivity contribution is 6.06. The lowest BCUT2D eigenvalue weighted by atomic mass is 9.86. The maximum Gasteiger partial charge on any atom is 0.416 e. The van der Waals surface area contributed by atoms with Gasteiger partial charge in [-0.3, -0.25) is 34.9 Å². The van der Waals surface area contributed by atoms with E-state index in [1.54, 1.807) is 12.1 Å². The Bertz CT molecular complexity index is 2150. The lowest BCUT2D eigenvalue weighted by Crippen LogP contribution is -2.53. The Kier molecular flexibility index (Phi) is 11.4. The molecule has 4 aliphatic rings. The molecule has 3 aliphatic heterocycles.